The van der Waals surface area contributed by atoms with E-state index in [0.717, 1.165) is 45.5 Å². The van der Waals surface area contributed by atoms with Crippen LogP contribution in [0.4, 0.5) is 0 Å². The first-order chi connectivity index (χ1) is 27.6. The van der Waals surface area contributed by atoms with Crippen LogP contribution in [0.15, 0.2) is 228 Å². The van der Waals surface area contributed by atoms with Crippen LogP contribution < -0.4 is 0 Å². The maximum atomic E-state index is 5.34. The number of nitrogens with zero attached hydrogens (tertiary/aromatic N) is 2. The predicted molar refractivity (Wildman–Crippen MR) is 236 cm³/mol. The maximum Gasteiger partial charge on any atom is 0.160 e. The summed E-state index contributed by atoms with van der Waals surface area (Å²) in [5, 5.41) is 0. The molecule has 2 heteroatoms. The molecular formula is C54H44N2. The Bertz CT molecular complexity index is 2570. The number of benzene rings is 6. The van der Waals surface area contributed by atoms with E-state index in [0.29, 0.717) is 17.5 Å². The van der Waals surface area contributed by atoms with Crippen molar-refractivity contribution in [1.82, 2.24) is 0 Å². The normalized spacial score (nSPS) is 21.3. The fourth-order valence-corrected chi connectivity index (χ4v) is 9.15. The van der Waals surface area contributed by atoms with Gasteiger partial charge >= 0.3 is 0 Å². The molecule has 56 heavy (non-hydrogen) atoms. The van der Waals surface area contributed by atoms with Gasteiger partial charge in [0.2, 0.25) is 0 Å². The minimum absolute atomic E-state index is 0.188. The summed E-state index contributed by atoms with van der Waals surface area (Å²) < 4.78 is 0. The average Bonchev–Trinajstić information content (AvgIpc) is 3.58. The van der Waals surface area contributed by atoms with E-state index in [1.807, 2.05) is 12.1 Å². The Morgan fingerprint density at radius 1 is 0.607 bits per heavy atom. The zero-order chi connectivity index (χ0) is 37.9. The van der Waals surface area contributed by atoms with Gasteiger partial charge in [-0.1, -0.05) is 207 Å². The Kier molecular flexibility index (Phi) is 9.55. The van der Waals surface area contributed by atoms with Gasteiger partial charge in [-0.25, -0.2) is 9.98 Å². The van der Waals surface area contributed by atoms with Crippen molar-refractivity contribution in [2.24, 2.45) is 21.8 Å². The number of rotatable bonds is 8. The zero-order valence-corrected chi connectivity index (χ0v) is 31.7. The molecule has 0 heterocycles. The fourth-order valence-electron chi connectivity index (χ4n) is 9.15. The van der Waals surface area contributed by atoms with E-state index in [-0.39, 0.29) is 17.3 Å². The molecule has 4 unspecified atom stereocenters. The van der Waals surface area contributed by atoms with E-state index >= 15 is 0 Å². The molecule has 0 bridgehead atoms. The van der Waals surface area contributed by atoms with Crippen LogP contribution in [-0.4, -0.2) is 11.5 Å². The number of hydrogen-bond donors (Lipinski definition) is 0. The maximum absolute atomic E-state index is 5.34. The standard InChI is InChI=1S/C54H44N2/c1-38(44-22-17-23-46(36-44)41-20-9-4-10-21-41)55-53(43-32-30-42(31-33-43)40-18-7-3-8-19-40)56-39(2)45-34-35-52-50(37-45)49-28-15-16-29-51(49)54(52,47-24-11-5-12-25-47)48-26-13-6-14-27-48/h3-26,28-37,48,50,52H,1,27H2,2H3. The lowest BCUT2D eigenvalue weighted by Gasteiger charge is -2.44. The first-order valence-electron chi connectivity index (χ1n) is 19.6. The van der Waals surface area contributed by atoms with E-state index in [9.17, 15) is 0 Å². The predicted octanol–water partition coefficient (Wildman–Crippen LogP) is 13.2. The monoisotopic (exact) mass is 720 g/mol. The molecule has 0 aromatic heterocycles. The lowest BCUT2D eigenvalue weighted by atomic mass is 9.58. The van der Waals surface area contributed by atoms with Crippen LogP contribution in [-0.2, 0) is 5.41 Å². The summed E-state index contributed by atoms with van der Waals surface area (Å²) in [7, 11) is 0. The Morgan fingerprint density at radius 3 is 1.96 bits per heavy atom. The van der Waals surface area contributed by atoms with Crippen LogP contribution in [0.2, 0.25) is 0 Å². The SMILES string of the molecule is C=C(N=C(N=C(C)C1=CC2c3ccccc3C(c3ccccc3)(C3C=CC=CC3)C2C=C1)c1ccc(-c2ccccc2)cc1)c1cccc(-c2ccccc2)c1. The fraction of sp³-hybridized carbons (Fsp3) is 0.111. The van der Waals surface area contributed by atoms with Crippen molar-refractivity contribution in [3.05, 3.63) is 246 Å². The Morgan fingerprint density at radius 2 is 1.25 bits per heavy atom. The number of amidine groups is 1. The van der Waals surface area contributed by atoms with Gasteiger partial charge in [0.05, 0.1) is 5.70 Å². The van der Waals surface area contributed by atoms with Crippen molar-refractivity contribution < 1.29 is 0 Å². The third-order valence-electron chi connectivity index (χ3n) is 11.8. The van der Waals surface area contributed by atoms with E-state index in [4.69, 9.17) is 9.98 Å². The average molecular weight is 721 g/mol. The van der Waals surface area contributed by atoms with Gasteiger partial charge in [-0.2, -0.15) is 0 Å². The van der Waals surface area contributed by atoms with E-state index in [1.165, 1.54) is 22.3 Å². The third-order valence-corrected chi connectivity index (χ3v) is 11.8. The van der Waals surface area contributed by atoms with Crippen LogP contribution in [0.25, 0.3) is 28.0 Å². The minimum Gasteiger partial charge on any atom is -0.233 e. The van der Waals surface area contributed by atoms with Gasteiger partial charge in [-0.3, -0.25) is 0 Å². The zero-order valence-electron chi connectivity index (χ0n) is 31.7. The molecule has 2 nitrogen and oxygen atoms in total. The van der Waals surface area contributed by atoms with E-state index in [1.54, 1.807) is 0 Å². The minimum atomic E-state index is -0.188. The molecule has 0 saturated heterocycles. The number of allylic oxidation sites excluding steroid dienone is 8. The molecule has 0 radical (unpaired) electrons. The molecule has 270 valence electrons. The summed E-state index contributed by atoms with van der Waals surface area (Å²) in [5.41, 5.74) is 13.2. The molecule has 6 aromatic carbocycles. The number of fused-ring (bicyclic) bond motifs is 3. The van der Waals surface area contributed by atoms with Crippen LogP contribution in [0.1, 0.15) is 47.1 Å². The molecule has 6 aromatic rings. The van der Waals surface area contributed by atoms with Gasteiger partial charge in [0.25, 0.3) is 0 Å². The van der Waals surface area contributed by atoms with Gasteiger partial charge in [0, 0.05) is 34.1 Å². The van der Waals surface area contributed by atoms with Crippen molar-refractivity contribution in [2.45, 2.75) is 24.7 Å². The first kappa shape index (κ1) is 35.1. The highest BCUT2D eigenvalue weighted by Crippen LogP contribution is 2.61. The summed E-state index contributed by atoms with van der Waals surface area (Å²) in [5.74, 6) is 1.44. The Labute approximate surface area is 331 Å². The van der Waals surface area contributed by atoms with Crippen molar-refractivity contribution in [1.29, 1.82) is 0 Å². The van der Waals surface area contributed by atoms with Crippen molar-refractivity contribution in [3.8, 4) is 22.3 Å². The molecule has 0 saturated carbocycles. The van der Waals surface area contributed by atoms with Gasteiger partial charge in [-0.15, -0.1) is 0 Å². The second-order valence-corrected chi connectivity index (χ2v) is 15.0. The Balaban J connectivity index is 1.11. The van der Waals surface area contributed by atoms with Crippen LogP contribution in [0.5, 0.6) is 0 Å². The molecular weight excluding hydrogens is 677 g/mol. The Hall–Kier alpha value is -6.64. The first-order valence-corrected chi connectivity index (χ1v) is 19.6. The molecule has 3 aliphatic carbocycles. The highest BCUT2D eigenvalue weighted by molar-refractivity contribution is 6.13. The number of hydrogen-bond acceptors (Lipinski definition) is 1. The lowest BCUT2D eigenvalue weighted by Crippen LogP contribution is -2.41. The van der Waals surface area contributed by atoms with E-state index in [2.05, 4.69) is 208 Å². The van der Waals surface area contributed by atoms with Gasteiger partial charge in [-0.05, 0) is 69.8 Å². The van der Waals surface area contributed by atoms with Crippen molar-refractivity contribution in [2.75, 3.05) is 0 Å². The molecule has 0 amide bonds. The summed E-state index contributed by atoms with van der Waals surface area (Å²) in [6.07, 6.45) is 17.4. The summed E-state index contributed by atoms with van der Waals surface area (Å²) in [6.45, 7) is 6.59. The molecule has 0 spiro atoms. The molecule has 0 N–H and O–H groups in total. The molecule has 0 aliphatic heterocycles. The second-order valence-electron chi connectivity index (χ2n) is 15.0. The molecule has 9 rings (SSSR count). The van der Waals surface area contributed by atoms with E-state index < -0.39 is 0 Å². The largest absolute Gasteiger partial charge is 0.233 e. The van der Waals surface area contributed by atoms with Gasteiger partial charge in [0.1, 0.15) is 0 Å². The van der Waals surface area contributed by atoms with Crippen molar-refractivity contribution in [3.63, 3.8) is 0 Å². The van der Waals surface area contributed by atoms with Crippen LogP contribution in [0.3, 0.4) is 0 Å². The molecule has 0 fully saturated rings. The van der Waals surface area contributed by atoms with Gasteiger partial charge in [0.15, 0.2) is 5.84 Å². The summed E-state index contributed by atoms with van der Waals surface area (Å²) in [6, 6.07) is 58.2. The molecule has 3 aliphatic rings. The summed E-state index contributed by atoms with van der Waals surface area (Å²) in [4.78, 5) is 10.5. The van der Waals surface area contributed by atoms with Gasteiger partial charge < -0.3 is 0 Å². The lowest BCUT2D eigenvalue weighted by molar-refractivity contribution is 0.300. The van der Waals surface area contributed by atoms with Crippen LogP contribution in [0, 0.1) is 11.8 Å². The highest BCUT2D eigenvalue weighted by atomic mass is 14.9. The summed E-state index contributed by atoms with van der Waals surface area (Å²) >= 11 is 0. The smallest absolute Gasteiger partial charge is 0.160 e. The van der Waals surface area contributed by atoms with Crippen molar-refractivity contribution >= 4 is 17.2 Å². The highest BCUT2D eigenvalue weighted by Gasteiger charge is 2.55. The molecule has 4 atom stereocenters. The third kappa shape index (κ3) is 6.48. The second kappa shape index (κ2) is 15.2. The quantitative estimate of drug-likeness (QED) is 0.110. The number of aliphatic imine (C=N–C) groups is 2. The van der Waals surface area contributed by atoms with Crippen LogP contribution >= 0.6 is 0 Å². The topological polar surface area (TPSA) is 24.7 Å².